The van der Waals surface area contributed by atoms with Gasteiger partial charge in [0.15, 0.2) is 0 Å². The van der Waals surface area contributed by atoms with Crippen molar-refractivity contribution < 1.29 is 9.53 Å². The molecule has 1 N–H and O–H groups in total. The molecular formula is C22H27NO2. The first-order valence-corrected chi connectivity index (χ1v) is 9.16. The highest BCUT2D eigenvalue weighted by atomic mass is 16.5. The van der Waals surface area contributed by atoms with E-state index in [4.69, 9.17) is 4.74 Å². The summed E-state index contributed by atoms with van der Waals surface area (Å²) in [5, 5.41) is 3.32. The molecule has 132 valence electrons. The molecule has 1 amide bonds. The second kappa shape index (κ2) is 7.83. The molecule has 0 saturated carbocycles. The van der Waals surface area contributed by atoms with Gasteiger partial charge >= 0.3 is 0 Å². The van der Waals surface area contributed by atoms with Crippen molar-refractivity contribution in [2.24, 2.45) is 0 Å². The van der Waals surface area contributed by atoms with Crippen LogP contribution < -0.4 is 5.32 Å². The molecule has 1 fully saturated rings. The Kier molecular flexibility index (Phi) is 5.54. The van der Waals surface area contributed by atoms with E-state index in [-0.39, 0.29) is 11.9 Å². The lowest BCUT2D eigenvalue weighted by Gasteiger charge is -2.37. The molecule has 0 radical (unpaired) electrons. The van der Waals surface area contributed by atoms with Gasteiger partial charge < -0.3 is 10.1 Å². The highest BCUT2D eigenvalue weighted by Gasteiger charge is 2.42. The maximum absolute atomic E-state index is 13.4. The number of benzene rings is 2. The van der Waals surface area contributed by atoms with Crippen molar-refractivity contribution in [1.82, 2.24) is 5.32 Å². The fourth-order valence-electron chi connectivity index (χ4n) is 3.64. The van der Waals surface area contributed by atoms with Crippen LogP contribution in [0.4, 0.5) is 0 Å². The highest BCUT2D eigenvalue weighted by molar-refractivity contribution is 5.88. The summed E-state index contributed by atoms with van der Waals surface area (Å²) in [6, 6.07) is 18.6. The van der Waals surface area contributed by atoms with E-state index in [1.54, 1.807) is 0 Å². The standard InChI is InChI=1S/C22H27NO2/c1-3-20(18-11-9-17(2)10-12-18)23-21(24)22(13-15-25-16-14-22)19-7-5-4-6-8-19/h4-12,20H,3,13-16H2,1-2H3,(H,23,24)/t20-/m1/s1. The van der Waals surface area contributed by atoms with Gasteiger partial charge in [-0.2, -0.15) is 0 Å². The largest absolute Gasteiger partial charge is 0.381 e. The number of nitrogens with one attached hydrogen (secondary N) is 1. The van der Waals surface area contributed by atoms with Crippen LogP contribution in [-0.2, 0) is 14.9 Å². The number of amides is 1. The van der Waals surface area contributed by atoms with Crippen LogP contribution >= 0.6 is 0 Å². The Morgan fingerprint density at radius 3 is 2.32 bits per heavy atom. The quantitative estimate of drug-likeness (QED) is 0.883. The lowest BCUT2D eigenvalue weighted by atomic mass is 9.73. The van der Waals surface area contributed by atoms with Crippen LogP contribution in [0, 0.1) is 6.92 Å². The van der Waals surface area contributed by atoms with Crippen molar-refractivity contribution >= 4 is 5.91 Å². The lowest BCUT2D eigenvalue weighted by Crippen LogP contribution is -2.48. The van der Waals surface area contributed by atoms with E-state index < -0.39 is 5.41 Å². The number of rotatable bonds is 5. The minimum atomic E-state index is -0.488. The predicted molar refractivity (Wildman–Crippen MR) is 101 cm³/mol. The molecule has 3 rings (SSSR count). The summed E-state index contributed by atoms with van der Waals surface area (Å²) >= 11 is 0. The second-order valence-electron chi connectivity index (χ2n) is 6.91. The third-order valence-electron chi connectivity index (χ3n) is 5.30. The monoisotopic (exact) mass is 337 g/mol. The first-order valence-electron chi connectivity index (χ1n) is 9.16. The van der Waals surface area contributed by atoms with Gasteiger partial charge in [0.05, 0.1) is 11.5 Å². The van der Waals surface area contributed by atoms with Crippen LogP contribution in [0.5, 0.6) is 0 Å². The summed E-state index contributed by atoms with van der Waals surface area (Å²) in [5.74, 6) is 0.120. The fourth-order valence-corrected chi connectivity index (χ4v) is 3.64. The minimum absolute atomic E-state index is 0.0385. The van der Waals surface area contributed by atoms with Gasteiger partial charge in [0, 0.05) is 13.2 Å². The van der Waals surface area contributed by atoms with Gasteiger partial charge in [-0.1, -0.05) is 67.1 Å². The van der Waals surface area contributed by atoms with Crippen LogP contribution in [0.15, 0.2) is 54.6 Å². The Balaban J connectivity index is 1.86. The highest BCUT2D eigenvalue weighted by Crippen LogP contribution is 2.36. The molecule has 2 aromatic rings. The van der Waals surface area contributed by atoms with Gasteiger partial charge in [0.1, 0.15) is 0 Å². The number of hydrogen-bond donors (Lipinski definition) is 1. The molecule has 25 heavy (non-hydrogen) atoms. The Morgan fingerprint density at radius 2 is 1.72 bits per heavy atom. The molecule has 1 atom stereocenters. The van der Waals surface area contributed by atoms with Crippen molar-refractivity contribution in [3.63, 3.8) is 0 Å². The Bertz CT molecular complexity index is 688. The minimum Gasteiger partial charge on any atom is -0.381 e. The molecular weight excluding hydrogens is 310 g/mol. The van der Waals surface area contributed by atoms with Gasteiger partial charge in [-0.15, -0.1) is 0 Å². The van der Waals surface area contributed by atoms with Crippen LogP contribution in [0.2, 0.25) is 0 Å². The van der Waals surface area contributed by atoms with Crippen molar-refractivity contribution in [3.05, 3.63) is 71.3 Å². The van der Waals surface area contributed by atoms with Gasteiger partial charge in [-0.3, -0.25) is 4.79 Å². The molecule has 1 saturated heterocycles. The Hall–Kier alpha value is -2.13. The fraction of sp³-hybridized carbons (Fsp3) is 0.409. The summed E-state index contributed by atoms with van der Waals surface area (Å²) < 4.78 is 5.55. The molecule has 1 aliphatic heterocycles. The molecule has 0 aromatic heterocycles. The van der Waals surface area contributed by atoms with Crippen molar-refractivity contribution in [3.8, 4) is 0 Å². The summed E-state index contributed by atoms with van der Waals surface area (Å²) in [5.41, 5.74) is 3.00. The SMILES string of the molecule is CC[C@@H](NC(=O)C1(c2ccccc2)CCOCC1)c1ccc(C)cc1. The number of hydrogen-bond acceptors (Lipinski definition) is 2. The first kappa shape index (κ1) is 17.7. The number of carbonyl (C=O) groups excluding carboxylic acids is 1. The average Bonchev–Trinajstić information content (AvgIpc) is 2.68. The topological polar surface area (TPSA) is 38.3 Å². The smallest absolute Gasteiger partial charge is 0.231 e. The van der Waals surface area contributed by atoms with Gasteiger partial charge in [0.2, 0.25) is 5.91 Å². The van der Waals surface area contributed by atoms with E-state index in [0.717, 1.165) is 30.4 Å². The van der Waals surface area contributed by atoms with Crippen molar-refractivity contribution in [2.45, 2.75) is 44.6 Å². The molecule has 1 heterocycles. The van der Waals surface area contributed by atoms with E-state index in [1.165, 1.54) is 5.56 Å². The zero-order valence-corrected chi connectivity index (χ0v) is 15.1. The molecule has 1 aliphatic rings. The average molecular weight is 337 g/mol. The second-order valence-corrected chi connectivity index (χ2v) is 6.91. The molecule has 0 unspecified atom stereocenters. The summed E-state index contributed by atoms with van der Waals surface area (Å²) in [6.45, 7) is 5.45. The van der Waals surface area contributed by atoms with Crippen LogP contribution in [-0.4, -0.2) is 19.1 Å². The Labute approximate surface area is 150 Å². The van der Waals surface area contributed by atoms with Crippen LogP contribution in [0.1, 0.15) is 48.9 Å². The van der Waals surface area contributed by atoms with Crippen molar-refractivity contribution in [1.29, 1.82) is 0 Å². The molecule has 0 bridgehead atoms. The van der Waals surface area contributed by atoms with Crippen molar-refractivity contribution in [2.75, 3.05) is 13.2 Å². The van der Waals surface area contributed by atoms with Gasteiger partial charge in [-0.05, 0) is 37.3 Å². The zero-order valence-electron chi connectivity index (χ0n) is 15.1. The van der Waals surface area contributed by atoms with E-state index >= 15 is 0 Å². The van der Waals surface area contributed by atoms with Crippen LogP contribution in [0.25, 0.3) is 0 Å². The third-order valence-corrected chi connectivity index (χ3v) is 5.30. The lowest BCUT2D eigenvalue weighted by molar-refractivity contribution is -0.131. The van der Waals surface area contributed by atoms with Gasteiger partial charge in [-0.25, -0.2) is 0 Å². The van der Waals surface area contributed by atoms with E-state index in [9.17, 15) is 4.79 Å². The summed E-state index contributed by atoms with van der Waals surface area (Å²) in [7, 11) is 0. The van der Waals surface area contributed by atoms with E-state index in [2.05, 4.69) is 55.6 Å². The molecule has 3 nitrogen and oxygen atoms in total. The van der Waals surface area contributed by atoms with E-state index in [1.807, 2.05) is 18.2 Å². The normalized spacial score (nSPS) is 17.7. The van der Waals surface area contributed by atoms with Gasteiger partial charge in [0.25, 0.3) is 0 Å². The molecule has 0 spiro atoms. The maximum atomic E-state index is 13.4. The zero-order chi connectivity index (χ0) is 17.7. The number of aryl methyl sites for hydroxylation is 1. The molecule has 3 heteroatoms. The van der Waals surface area contributed by atoms with Crippen LogP contribution in [0.3, 0.4) is 0 Å². The number of ether oxygens (including phenoxy) is 1. The molecule has 2 aromatic carbocycles. The Morgan fingerprint density at radius 1 is 1.08 bits per heavy atom. The summed E-state index contributed by atoms with van der Waals surface area (Å²) in [4.78, 5) is 13.4. The molecule has 0 aliphatic carbocycles. The maximum Gasteiger partial charge on any atom is 0.231 e. The predicted octanol–water partition coefficient (Wildman–Crippen LogP) is 4.31. The van der Waals surface area contributed by atoms with E-state index in [0.29, 0.717) is 13.2 Å². The summed E-state index contributed by atoms with van der Waals surface area (Å²) in [6.07, 6.45) is 2.33. The third kappa shape index (κ3) is 3.77. The first-order chi connectivity index (χ1) is 12.2. The number of carbonyl (C=O) groups is 1.